The van der Waals surface area contributed by atoms with E-state index in [0.29, 0.717) is 11.4 Å². The van der Waals surface area contributed by atoms with Crippen molar-refractivity contribution in [1.29, 1.82) is 0 Å². The first-order valence-electron chi connectivity index (χ1n) is 7.85. The highest BCUT2D eigenvalue weighted by atomic mass is 32.2. The Morgan fingerprint density at radius 3 is 2.65 bits per heavy atom. The summed E-state index contributed by atoms with van der Waals surface area (Å²) >= 11 is 1.56. The SMILES string of the molecule is CSc1cccc(NC(=O)C2=NN(c3ccc(F)cc3)C(C(N)=O)C2)c1. The molecule has 3 rings (SSSR count). The van der Waals surface area contributed by atoms with Crippen LogP contribution in [0.1, 0.15) is 6.42 Å². The van der Waals surface area contributed by atoms with Gasteiger partial charge in [-0.15, -0.1) is 11.8 Å². The molecule has 0 aromatic heterocycles. The lowest BCUT2D eigenvalue weighted by Gasteiger charge is -2.20. The number of benzene rings is 2. The summed E-state index contributed by atoms with van der Waals surface area (Å²) in [4.78, 5) is 25.3. The number of nitrogens with zero attached hydrogens (tertiary/aromatic N) is 2. The van der Waals surface area contributed by atoms with E-state index in [1.165, 1.54) is 29.3 Å². The molecule has 0 bridgehead atoms. The van der Waals surface area contributed by atoms with Gasteiger partial charge >= 0.3 is 0 Å². The maximum atomic E-state index is 13.1. The second kappa shape index (κ2) is 7.57. The fraction of sp³-hybridized carbons (Fsp3) is 0.167. The maximum absolute atomic E-state index is 13.1. The summed E-state index contributed by atoms with van der Waals surface area (Å²) in [6.45, 7) is 0. The minimum atomic E-state index is -0.793. The molecule has 0 fully saturated rings. The molecule has 1 atom stereocenters. The van der Waals surface area contributed by atoms with E-state index in [2.05, 4.69) is 10.4 Å². The average Bonchev–Trinajstić information content (AvgIpc) is 3.08. The highest BCUT2D eigenvalue weighted by molar-refractivity contribution is 7.98. The van der Waals surface area contributed by atoms with Crippen LogP contribution in [-0.2, 0) is 9.59 Å². The number of hydrogen-bond acceptors (Lipinski definition) is 5. The lowest BCUT2D eigenvalue weighted by Crippen LogP contribution is -2.39. The smallest absolute Gasteiger partial charge is 0.271 e. The number of halogens is 1. The number of amides is 2. The molecule has 1 heterocycles. The number of hydrogen-bond donors (Lipinski definition) is 2. The zero-order valence-corrected chi connectivity index (χ0v) is 14.8. The molecule has 1 aliphatic heterocycles. The van der Waals surface area contributed by atoms with Gasteiger partial charge in [-0.25, -0.2) is 4.39 Å². The summed E-state index contributed by atoms with van der Waals surface area (Å²) < 4.78 is 13.1. The van der Waals surface area contributed by atoms with Crippen LogP contribution in [0.4, 0.5) is 15.8 Å². The van der Waals surface area contributed by atoms with Gasteiger partial charge in [0.1, 0.15) is 17.6 Å². The van der Waals surface area contributed by atoms with E-state index in [0.717, 1.165) is 4.90 Å². The third kappa shape index (κ3) is 3.85. The molecule has 1 aliphatic rings. The van der Waals surface area contributed by atoms with Crippen LogP contribution < -0.4 is 16.1 Å². The lowest BCUT2D eigenvalue weighted by atomic mass is 10.1. The Balaban J connectivity index is 1.82. The number of carbonyl (C=O) groups is 2. The van der Waals surface area contributed by atoms with Crippen molar-refractivity contribution in [3.63, 3.8) is 0 Å². The van der Waals surface area contributed by atoms with Crippen molar-refractivity contribution in [2.75, 3.05) is 16.6 Å². The first kappa shape index (κ1) is 17.9. The Hall–Kier alpha value is -2.87. The predicted octanol–water partition coefficient (Wildman–Crippen LogP) is 2.61. The predicted molar refractivity (Wildman–Crippen MR) is 101 cm³/mol. The van der Waals surface area contributed by atoms with Crippen LogP contribution in [0.15, 0.2) is 58.5 Å². The van der Waals surface area contributed by atoms with E-state index >= 15 is 0 Å². The molecule has 134 valence electrons. The van der Waals surface area contributed by atoms with Gasteiger partial charge in [0.05, 0.1) is 5.69 Å². The summed E-state index contributed by atoms with van der Waals surface area (Å²) in [5.74, 6) is -1.41. The first-order chi connectivity index (χ1) is 12.5. The van der Waals surface area contributed by atoms with Gasteiger partial charge in [0.25, 0.3) is 5.91 Å². The molecule has 0 saturated carbocycles. The Morgan fingerprint density at radius 2 is 2.00 bits per heavy atom. The van der Waals surface area contributed by atoms with Gasteiger partial charge in [0.2, 0.25) is 5.91 Å². The second-order valence-corrected chi connectivity index (χ2v) is 6.56. The van der Waals surface area contributed by atoms with Crippen molar-refractivity contribution >= 4 is 40.7 Å². The topological polar surface area (TPSA) is 87.8 Å². The molecule has 3 N–H and O–H groups in total. The van der Waals surface area contributed by atoms with Crippen LogP contribution in [0.2, 0.25) is 0 Å². The highest BCUT2D eigenvalue weighted by Crippen LogP contribution is 2.26. The standard InChI is InChI=1S/C18H17FN4O2S/c1-26-14-4-2-3-12(9-14)21-18(25)15-10-16(17(20)24)23(22-15)13-7-5-11(19)6-8-13/h2-9,16H,10H2,1H3,(H2,20,24)(H,21,25). The van der Waals surface area contributed by atoms with E-state index in [1.54, 1.807) is 17.8 Å². The fourth-order valence-corrected chi connectivity index (χ4v) is 3.06. The van der Waals surface area contributed by atoms with Crippen molar-refractivity contribution in [1.82, 2.24) is 0 Å². The molecule has 2 amide bonds. The minimum Gasteiger partial charge on any atom is -0.368 e. The van der Waals surface area contributed by atoms with E-state index in [9.17, 15) is 14.0 Å². The van der Waals surface area contributed by atoms with Gasteiger partial charge in [-0.05, 0) is 48.7 Å². The van der Waals surface area contributed by atoms with Gasteiger partial charge in [-0.2, -0.15) is 5.10 Å². The Kier molecular flexibility index (Phi) is 5.22. The van der Waals surface area contributed by atoms with Crippen LogP contribution in [-0.4, -0.2) is 29.8 Å². The van der Waals surface area contributed by atoms with Gasteiger partial charge in [-0.1, -0.05) is 6.07 Å². The molecule has 1 unspecified atom stereocenters. The average molecular weight is 372 g/mol. The second-order valence-electron chi connectivity index (χ2n) is 5.68. The molecular formula is C18H17FN4O2S. The molecule has 6 nitrogen and oxygen atoms in total. The van der Waals surface area contributed by atoms with Crippen molar-refractivity contribution in [3.05, 3.63) is 54.3 Å². The summed E-state index contributed by atoms with van der Waals surface area (Å²) in [7, 11) is 0. The Labute approximate surface area is 154 Å². The number of nitrogens with one attached hydrogen (secondary N) is 1. The molecule has 2 aromatic carbocycles. The van der Waals surface area contributed by atoms with Crippen molar-refractivity contribution < 1.29 is 14.0 Å². The van der Waals surface area contributed by atoms with Gasteiger partial charge < -0.3 is 11.1 Å². The summed E-state index contributed by atoms with van der Waals surface area (Å²) in [5.41, 5.74) is 6.76. The zero-order valence-electron chi connectivity index (χ0n) is 14.0. The molecular weight excluding hydrogens is 355 g/mol. The summed E-state index contributed by atoms with van der Waals surface area (Å²) in [5, 5.41) is 8.37. The number of anilines is 2. The Morgan fingerprint density at radius 1 is 1.27 bits per heavy atom. The van der Waals surface area contributed by atoms with Crippen LogP contribution in [0.5, 0.6) is 0 Å². The quantitative estimate of drug-likeness (QED) is 0.790. The monoisotopic (exact) mass is 372 g/mol. The number of primary amides is 1. The third-order valence-electron chi connectivity index (χ3n) is 3.92. The number of nitrogens with two attached hydrogens (primary N) is 1. The Bertz CT molecular complexity index is 870. The van der Waals surface area contributed by atoms with Gasteiger partial charge in [0.15, 0.2) is 0 Å². The maximum Gasteiger partial charge on any atom is 0.271 e. The lowest BCUT2D eigenvalue weighted by molar-refractivity contribution is -0.119. The summed E-state index contributed by atoms with van der Waals surface area (Å²) in [6, 6.07) is 12.1. The van der Waals surface area contributed by atoms with E-state index in [-0.39, 0.29) is 12.1 Å². The largest absolute Gasteiger partial charge is 0.368 e. The van der Waals surface area contributed by atoms with Crippen LogP contribution in [0.25, 0.3) is 0 Å². The fourth-order valence-electron chi connectivity index (χ4n) is 2.60. The molecule has 0 radical (unpaired) electrons. The number of thioether (sulfide) groups is 1. The van der Waals surface area contributed by atoms with Crippen molar-refractivity contribution in [3.8, 4) is 0 Å². The number of carbonyl (C=O) groups excluding carboxylic acids is 2. The van der Waals surface area contributed by atoms with Crippen LogP contribution >= 0.6 is 11.8 Å². The summed E-state index contributed by atoms with van der Waals surface area (Å²) in [6.07, 6.45) is 2.03. The molecule has 2 aromatic rings. The first-order valence-corrected chi connectivity index (χ1v) is 9.07. The number of rotatable bonds is 5. The number of hydrazone groups is 1. The van der Waals surface area contributed by atoms with E-state index in [1.807, 2.05) is 24.5 Å². The van der Waals surface area contributed by atoms with Crippen molar-refractivity contribution in [2.45, 2.75) is 17.4 Å². The zero-order chi connectivity index (χ0) is 18.7. The molecule has 0 saturated heterocycles. The van der Waals surface area contributed by atoms with Gasteiger partial charge in [-0.3, -0.25) is 14.6 Å². The van der Waals surface area contributed by atoms with Crippen LogP contribution in [0, 0.1) is 5.82 Å². The van der Waals surface area contributed by atoms with E-state index in [4.69, 9.17) is 5.73 Å². The van der Waals surface area contributed by atoms with Crippen molar-refractivity contribution in [2.24, 2.45) is 10.8 Å². The van der Waals surface area contributed by atoms with Gasteiger partial charge in [0, 0.05) is 17.0 Å². The molecule has 0 aliphatic carbocycles. The molecule has 26 heavy (non-hydrogen) atoms. The van der Waals surface area contributed by atoms with E-state index < -0.39 is 23.7 Å². The third-order valence-corrected chi connectivity index (χ3v) is 4.65. The van der Waals surface area contributed by atoms with Crippen LogP contribution in [0.3, 0.4) is 0 Å². The highest BCUT2D eigenvalue weighted by Gasteiger charge is 2.35. The molecule has 8 heteroatoms. The minimum absolute atomic E-state index is 0.0841. The molecule has 0 spiro atoms. The normalized spacial score (nSPS) is 16.3.